The average Bonchev–Trinajstić information content (AvgIpc) is 3.15. The molecule has 0 saturated heterocycles. The van der Waals surface area contributed by atoms with Gasteiger partial charge in [0, 0.05) is 12.8 Å². The first-order valence-corrected chi connectivity index (χ1v) is 21.6. The molecule has 2 atom stereocenters. The smallest absolute Gasteiger partial charge is 0.361 e. The Balaban J connectivity index is 4.55. The highest BCUT2D eigenvalue weighted by molar-refractivity contribution is 5.71. The van der Waals surface area contributed by atoms with E-state index in [4.69, 9.17) is 18.9 Å². The SMILES string of the molecule is CC/C=C\C/C=C\C/C=C\C/C=C\C/C=C\CCCCCC(=O)OC(COC(=O)CCCCCCC/C=C\CCCCC)COC(OCC[N+](C)(C)C)C(=O)O. The van der Waals surface area contributed by atoms with Gasteiger partial charge in [0.25, 0.3) is 6.29 Å². The molecule has 0 aliphatic rings. The Morgan fingerprint density at radius 1 is 0.554 bits per heavy atom. The second kappa shape index (κ2) is 38.6. The number of unbranched alkanes of at least 4 members (excludes halogenated alkanes) is 11. The molecule has 0 aliphatic heterocycles. The van der Waals surface area contributed by atoms with Crippen LogP contribution in [0.5, 0.6) is 0 Å². The molecule has 0 aliphatic carbocycles. The summed E-state index contributed by atoms with van der Waals surface area (Å²) in [7, 11) is 5.93. The van der Waals surface area contributed by atoms with Crippen LogP contribution in [-0.4, -0.2) is 87.4 Å². The minimum absolute atomic E-state index is 0.176. The molecular weight excluding hydrogens is 707 g/mol. The van der Waals surface area contributed by atoms with Gasteiger partial charge in [-0.25, -0.2) is 4.79 Å². The molecule has 56 heavy (non-hydrogen) atoms. The molecule has 0 heterocycles. The molecule has 0 amide bonds. The van der Waals surface area contributed by atoms with Crippen LogP contribution in [0.2, 0.25) is 0 Å². The van der Waals surface area contributed by atoms with E-state index in [0.717, 1.165) is 89.9 Å². The Bertz CT molecular complexity index is 1150. The van der Waals surface area contributed by atoms with Crippen molar-refractivity contribution in [3.05, 3.63) is 72.9 Å². The Morgan fingerprint density at radius 3 is 1.55 bits per heavy atom. The predicted molar refractivity (Wildman–Crippen MR) is 230 cm³/mol. The molecule has 0 aromatic heterocycles. The monoisotopic (exact) mass is 787 g/mol. The molecule has 0 rings (SSSR count). The van der Waals surface area contributed by atoms with Gasteiger partial charge >= 0.3 is 17.9 Å². The van der Waals surface area contributed by atoms with Crippen LogP contribution >= 0.6 is 0 Å². The van der Waals surface area contributed by atoms with Crippen LogP contribution in [0.4, 0.5) is 0 Å². The van der Waals surface area contributed by atoms with Crippen LogP contribution < -0.4 is 0 Å². The van der Waals surface area contributed by atoms with Gasteiger partial charge in [0.2, 0.25) is 0 Å². The topological polar surface area (TPSA) is 108 Å². The molecule has 0 fully saturated rings. The molecule has 0 spiro atoms. The van der Waals surface area contributed by atoms with Crippen molar-refractivity contribution in [1.82, 2.24) is 0 Å². The molecule has 1 N–H and O–H groups in total. The zero-order valence-electron chi connectivity index (χ0n) is 36.0. The second-order valence-electron chi connectivity index (χ2n) is 15.3. The third-order valence-electron chi connectivity index (χ3n) is 8.70. The van der Waals surface area contributed by atoms with Gasteiger partial charge in [-0.15, -0.1) is 0 Å². The van der Waals surface area contributed by atoms with Crippen molar-refractivity contribution >= 4 is 17.9 Å². The molecular formula is C47H80NO8+. The first-order chi connectivity index (χ1) is 27.1. The van der Waals surface area contributed by atoms with Crippen molar-refractivity contribution in [3.63, 3.8) is 0 Å². The lowest BCUT2D eigenvalue weighted by atomic mass is 10.1. The minimum atomic E-state index is -1.52. The van der Waals surface area contributed by atoms with Gasteiger partial charge < -0.3 is 28.5 Å². The Morgan fingerprint density at radius 2 is 1.02 bits per heavy atom. The Hall–Kier alpha value is -3.27. The molecule has 0 bridgehead atoms. The van der Waals surface area contributed by atoms with E-state index in [1.54, 1.807) is 0 Å². The van der Waals surface area contributed by atoms with E-state index in [1.807, 2.05) is 21.1 Å². The van der Waals surface area contributed by atoms with E-state index in [-0.39, 0.29) is 38.6 Å². The fourth-order valence-electron chi connectivity index (χ4n) is 5.32. The van der Waals surface area contributed by atoms with Gasteiger partial charge in [0.15, 0.2) is 6.10 Å². The largest absolute Gasteiger partial charge is 0.477 e. The molecule has 320 valence electrons. The number of carbonyl (C=O) groups excluding carboxylic acids is 2. The molecule has 2 unspecified atom stereocenters. The Kier molecular flexibility index (Phi) is 36.3. The van der Waals surface area contributed by atoms with Crippen molar-refractivity contribution in [2.45, 2.75) is 161 Å². The number of hydrogen-bond donors (Lipinski definition) is 1. The van der Waals surface area contributed by atoms with E-state index >= 15 is 0 Å². The van der Waals surface area contributed by atoms with Crippen LogP contribution in [-0.2, 0) is 33.3 Å². The third kappa shape index (κ3) is 39.0. The van der Waals surface area contributed by atoms with Crippen molar-refractivity contribution < 1.29 is 42.9 Å². The summed E-state index contributed by atoms with van der Waals surface area (Å²) < 4.78 is 22.6. The van der Waals surface area contributed by atoms with E-state index in [1.165, 1.54) is 25.7 Å². The number of ether oxygens (including phenoxy) is 4. The summed E-state index contributed by atoms with van der Waals surface area (Å²) in [4.78, 5) is 37.0. The molecule has 0 saturated carbocycles. The van der Waals surface area contributed by atoms with Crippen molar-refractivity contribution in [2.24, 2.45) is 0 Å². The lowest BCUT2D eigenvalue weighted by Crippen LogP contribution is -2.40. The molecule has 9 nitrogen and oxygen atoms in total. The number of likely N-dealkylation sites (N-methyl/N-ethyl adjacent to an activating group) is 1. The minimum Gasteiger partial charge on any atom is -0.477 e. The zero-order chi connectivity index (χ0) is 41.4. The molecule has 0 aromatic carbocycles. The van der Waals surface area contributed by atoms with Gasteiger partial charge in [-0.05, 0) is 83.5 Å². The highest BCUT2D eigenvalue weighted by atomic mass is 16.7. The standard InChI is InChI=1S/C47H79NO8/c1-6-8-10-12-14-16-18-20-21-22-23-24-25-26-28-30-32-34-36-38-45(50)56-43(42-55-47(46(51)52)53-40-39-48(3,4)5)41-54-44(49)37-35-33-31-29-27-19-17-15-13-11-9-7-2/h8,10,14-17,20-21,23-24,26,28,43,47H,6-7,9,11-13,18-19,22,25,27,29-42H2,1-5H3/p+1/b10-8-,16-14-,17-15-,21-20-,24-23-,28-26-. The van der Waals surface area contributed by atoms with Gasteiger partial charge in [-0.3, -0.25) is 9.59 Å². The number of carboxylic acid groups (broad SMARTS) is 1. The normalized spacial score (nSPS) is 13.7. The molecule has 9 heteroatoms. The maximum absolute atomic E-state index is 12.7. The summed E-state index contributed by atoms with van der Waals surface area (Å²) in [5, 5.41) is 9.62. The fourth-order valence-corrected chi connectivity index (χ4v) is 5.32. The number of esters is 2. The van der Waals surface area contributed by atoms with Crippen molar-refractivity contribution in [2.75, 3.05) is 47.5 Å². The lowest BCUT2D eigenvalue weighted by molar-refractivity contribution is -0.870. The number of aliphatic carboxylic acids is 1. The van der Waals surface area contributed by atoms with Crippen LogP contribution in [0, 0.1) is 0 Å². The second-order valence-corrected chi connectivity index (χ2v) is 15.3. The van der Waals surface area contributed by atoms with Crippen LogP contribution in [0.25, 0.3) is 0 Å². The number of hydrogen-bond acceptors (Lipinski definition) is 7. The average molecular weight is 787 g/mol. The van der Waals surface area contributed by atoms with E-state index in [2.05, 4.69) is 86.8 Å². The summed E-state index contributed by atoms with van der Waals surface area (Å²) in [6.45, 7) is 4.65. The number of allylic oxidation sites excluding steroid dienone is 12. The number of carbonyl (C=O) groups is 3. The highest BCUT2D eigenvalue weighted by Crippen LogP contribution is 2.12. The molecule has 0 aromatic rings. The summed E-state index contributed by atoms with van der Waals surface area (Å²) in [6.07, 6.45) is 43.9. The fraction of sp³-hybridized carbons (Fsp3) is 0.681. The lowest BCUT2D eigenvalue weighted by Gasteiger charge is -2.25. The quantitative estimate of drug-likeness (QED) is 0.0217. The first kappa shape index (κ1) is 52.7. The van der Waals surface area contributed by atoms with E-state index < -0.39 is 24.3 Å². The number of quaternary nitrogens is 1. The van der Waals surface area contributed by atoms with Gasteiger partial charge in [0.05, 0.1) is 34.4 Å². The van der Waals surface area contributed by atoms with Crippen LogP contribution in [0.3, 0.4) is 0 Å². The Labute approximate surface area is 341 Å². The number of nitrogens with zero attached hydrogens (tertiary/aromatic N) is 1. The molecule has 0 radical (unpaired) electrons. The zero-order valence-corrected chi connectivity index (χ0v) is 36.0. The number of rotatable bonds is 38. The van der Waals surface area contributed by atoms with E-state index in [9.17, 15) is 19.5 Å². The highest BCUT2D eigenvalue weighted by Gasteiger charge is 2.25. The van der Waals surface area contributed by atoms with Gasteiger partial charge in [-0.2, -0.15) is 0 Å². The third-order valence-corrected chi connectivity index (χ3v) is 8.70. The van der Waals surface area contributed by atoms with Gasteiger partial charge in [0.1, 0.15) is 13.2 Å². The summed E-state index contributed by atoms with van der Waals surface area (Å²) in [5.74, 6) is -2.08. The van der Waals surface area contributed by atoms with Crippen molar-refractivity contribution in [3.8, 4) is 0 Å². The predicted octanol–water partition coefficient (Wildman–Crippen LogP) is 11.2. The van der Waals surface area contributed by atoms with E-state index in [0.29, 0.717) is 17.4 Å². The maximum atomic E-state index is 12.7. The van der Waals surface area contributed by atoms with Crippen LogP contribution in [0.15, 0.2) is 72.9 Å². The van der Waals surface area contributed by atoms with Gasteiger partial charge in [-0.1, -0.05) is 125 Å². The summed E-state index contributed by atoms with van der Waals surface area (Å²) in [5.41, 5.74) is 0. The summed E-state index contributed by atoms with van der Waals surface area (Å²) in [6, 6.07) is 0. The number of carboxylic acids is 1. The summed E-state index contributed by atoms with van der Waals surface area (Å²) >= 11 is 0. The first-order valence-electron chi connectivity index (χ1n) is 21.6. The maximum Gasteiger partial charge on any atom is 0.361 e. The van der Waals surface area contributed by atoms with Crippen molar-refractivity contribution in [1.29, 1.82) is 0 Å². The van der Waals surface area contributed by atoms with Crippen LogP contribution in [0.1, 0.15) is 149 Å².